The van der Waals surface area contributed by atoms with Gasteiger partial charge in [-0.15, -0.1) is 0 Å². The molecule has 4 heteroatoms. The van der Waals surface area contributed by atoms with Gasteiger partial charge in [-0.25, -0.2) is 0 Å². The van der Waals surface area contributed by atoms with Gasteiger partial charge in [0, 0.05) is 18.7 Å². The molecule has 1 N–H and O–H groups in total. The zero-order valence-electron chi connectivity index (χ0n) is 12.1. The third-order valence-electron chi connectivity index (χ3n) is 4.45. The molecule has 3 rings (SSSR count). The van der Waals surface area contributed by atoms with Crippen LogP contribution in [0, 0.1) is 11.8 Å². The monoisotopic (exact) mass is 295 g/mol. The van der Waals surface area contributed by atoms with E-state index in [9.17, 15) is 5.11 Å². The first-order valence-corrected chi connectivity index (χ1v) is 7.77. The number of aliphatic hydroxyl groups excluding tert-OH is 1. The molecule has 1 aromatic carbocycles. The number of hydrogen-bond acceptors (Lipinski definition) is 3. The Kier molecular flexibility index (Phi) is 3.93. The van der Waals surface area contributed by atoms with Gasteiger partial charge < -0.3 is 9.84 Å². The van der Waals surface area contributed by atoms with E-state index in [1.165, 1.54) is 6.42 Å². The van der Waals surface area contributed by atoms with E-state index in [0.717, 1.165) is 18.7 Å². The zero-order valence-corrected chi connectivity index (χ0v) is 12.8. The number of rotatable bonds is 1. The fraction of sp³-hybridized carbons (Fsp3) is 0.625. The van der Waals surface area contributed by atoms with Crippen molar-refractivity contribution in [2.45, 2.75) is 32.4 Å². The first-order valence-electron chi connectivity index (χ1n) is 7.39. The van der Waals surface area contributed by atoms with Crippen LogP contribution in [0.5, 0.6) is 5.75 Å². The Labute approximate surface area is 125 Å². The molecule has 3 nitrogen and oxygen atoms in total. The molecule has 110 valence electrons. The van der Waals surface area contributed by atoms with Crippen LogP contribution in [-0.2, 0) is 0 Å². The Hall–Kier alpha value is -0.770. The van der Waals surface area contributed by atoms with Crippen molar-refractivity contribution in [3.8, 4) is 5.75 Å². The van der Waals surface area contributed by atoms with E-state index in [0.29, 0.717) is 29.2 Å². The first kappa shape index (κ1) is 14.2. The third kappa shape index (κ3) is 2.54. The van der Waals surface area contributed by atoms with Crippen LogP contribution >= 0.6 is 11.6 Å². The zero-order chi connectivity index (χ0) is 14.3. The second-order valence-corrected chi connectivity index (χ2v) is 6.79. The maximum atomic E-state index is 10.7. The molecule has 1 aromatic rings. The summed E-state index contributed by atoms with van der Waals surface area (Å²) in [5.41, 5.74) is 0.819. The van der Waals surface area contributed by atoms with Crippen molar-refractivity contribution in [3.63, 3.8) is 0 Å². The van der Waals surface area contributed by atoms with Crippen LogP contribution in [0.25, 0.3) is 0 Å². The number of likely N-dealkylation sites (tertiary alicyclic amines) is 1. The fourth-order valence-electron chi connectivity index (χ4n) is 3.66. The highest BCUT2D eigenvalue weighted by atomic mass is 35.5. The number of para-hydroxylation sites is 1. The number of nitrogens with zero attached hydrogens (tertiary/aromatic N) is 1. The molecule has 20 heavy (non-hydrogen) atoms. The van der Waals surface area contributed by atoms with Crippen molar-refractivity contribution in [1.82, 2.24) is 4.90 Å². The molecule has 0 aromatic heterocycles. The lowest BCUT2D eigenvalue weighted by Crippen LogP contribution is -2.51. The average molecular weight is 296 g/mol. The van der Waals surface area contributed by atoms with Crippen molar-refractivity contribution in [2.24, 2.45) is 11.8 Å². The summed E-state index contributed by atoms with van der Waals surface area (Å²) in [7, 11) is 0. The van der Waals surface area contributed by atoms with E-state index >= 15 is 0 Å². The molecule has 2 aliphatic rings. The molecule has 0 bridgehead atoms. The molecule has 1 saturated heterocycles. The number of hydrogen-bond donors (Lipinski definition) is 1. The van der Waals surface area contributed by atoms with Crippen LogP contribution in [0.1, 0.15) is 31.9 Å². The third-order valence-corrected chi connectivity index (χ3v) is 4.74. The molecule has 4 atom stereocenters. The van der Waals surface area contributed by atoms with Gasteiger partial charge >= 0.3 is 0 Å². The number of benzene rings is 1. The molecule has 0 amide bonds. The van der Waals surface area contributed by atoms with E-state index in [4.69, 9.17) is 16.3 Å². The molecule has 2 heterocycles. The Bertz CT molecular complexity index is 483. The molecule has 2 aliphatic heterocycles. The second-order valence-electron chi connectivity index (χ2n) is 6.38. The lowest BCUT2D eigenvalue weighted by molar-refractivity contribution is -0.0226. The minimum Gasteiger partial charge on any atom is -0.490 e. The van der Waals surface area contributed by atoms with Crippen molar-refractivity contribution < 1.29 is 9.84 Å². The number of fused-ring (bicyclic) bond motifs is 1. The minimum absolute atomic E-state index is 0.0335. The normalized spacial score (nSPS) is 34.4. The van der Waals surface area contributed by atoms with Gasteiger partial charge in [0.2, 0.25) is 0 Å². The van der Waals surface area contributed by atoms with Gasteiger partial charge in [-0.3, -0.25) is 4.90 Å². The summed E-state index contributed by atoms with van der Waals surface area (Å²) in [6.45, 7) is 7.14. The maximum Gasteiger partial charge on any atom is 0.143 e. The molecule has 0 spiro atoms. The molecular formula is C16H22ClNO2. The quantitative estimate of drug-likeness (QED) is 0.864. The summed E-state index contributed by atoms with van der Waals surface area (Å²) in [6, 6.07) is 5.62. The summed E-state index contributed by atoms with van der Waals surface area (Å²) < 4.78 is 5.83. The summed E-state index contributed by atoms with van der Waals surface area (Å²) in [5, 5.41) is 11.3. The Balaban J connectivity index is 1.83. The van der Waals surface area contributed by atoms with Crippen LogP contribution in [0.2, 0.25) is 5.02 Å². The lowest BCUT2D eigenvalue weighted by atomic mass is 9.88. The number of aliphatic hydroxyl groups is 1. The van der Waals surface area contributed by atoms with E-state index in [2.05, 4.69) is 18.7 Å². The van der Waals surface area contributed by atoms with Crippen molar-refractivity contribution in [2.75, 3.05) is 19.7 Å². The second kappa shape index (κ2) is 5.55. The van der Waals surface area contributed by atoms with Gasteiger partial charge in [0.05, 0.1) is 11.1 Å². The van der Waals surface area contributed by atoms with Gasteiger partial charge in [0.15, 0.2) is 0 Å². The van der Waals surface area contributed by atoms with Crippen LogP contribution < -0.4 is 4.74 Å². The highest BCUT2D eigenvalue weighted by Gasteiger charge is 2.37. The Morgan fingerprint density at radius 3 is 2.65 bits per heavy atom. The molecular weight excluding hydrogens is 274 g/mol. The number of halogens is 1. The van der Waals surface area contributed by atoms with E-state index < -0.39 is 6.10 Å². The standard InChI is InChI=1S/C16H22ClNO2/c1-10-6-11(2)8-18(7-10)14-9-20-16-12(15(14)19)4-3-5-13(16)17/h3-5,10-11,14-15,19H,6-9H2,1-2H3. The number of ether oxygens (including phenoxy) is 1. The predicted molar refractivity (Wildman–Crippen MR) is 80.2 cm³/mol. The van der Waals surface area contributed by atoms with Gasteiger partial charge in [-0.2, -0.15) is 0 Å². The Morgan fingerprint density at radius 2 is 1.95 bits per heavy atom. The van der Waals surface area contributed by atoms with Crippen LogP contribution in [0.3, 0.4) is 0 Å². The summed E-state index contributed by atoms with van der Waals surface area (Å²) in [6.07, 6.45) is 0.748. The smallest absolute Gasteiger partial charge is 0.143 e. The van der Waals surface area contributed by atoms with Crippen LogP contribution in [0.15, 0.2) is 18.2 Å². The maximum absolute atomic E-state index is 10.7. The van der Waals surface area contributed by atoms with Gasteiger partial charge in [-0.05, 0) is 24.3 Å². The average Bonchev–Trinajstić information content (AvgIpc) is 2.39. The van der Waals surface area contributed by atoms with E-state index in [1.807, 2.05) is 12.1 Å². The van der Waals surface area contributed by atoms with Gasteiger partial charge in [-0.1, -0.05) is 37.6 Å². The largest absolute Gasteiger partial charge is 0.490 e. The van der Waals surface area contributed by atoms with Crippen molar-refractivity contribution >= 4 is 11.6 Å². The highest BCUT2D eigenvalue weighted by molar-refractivity contribution is 6.32. The van der Waals surface area contributed by atoms with Gasteiger partial charge in [0.25, 0.3) is 0 Å². The fourth-order valence-corrected chi connectivity index (χ4v) is 3.90. The Morgan fingerprint density at radius 1 is 1.25 bits per heavy atom. The van der Waals surface area contributed by atoms with E-state index in [-0.39, 0.29) is 6.04 Å². The summed E-state index contributed by atoms with van der Waals surface area (Å²) in [4.78, 5) is 2.38. The first-order chi connectivity index (χ1) is 9.56. The molecule has 0 saturated carbocycles. The van der Waals surface area contributed by atoms with Gasteiger partial charge in [0.1, 0.15) is 18.5 Å². The number of piperidine rings is 1. The molecule has 4 unspecified atom stereocenters. The SMILES string of the molecule is CC1CC(C)CN(C2COc3c(Cl)cccc3C2O)C1. The highest BCUT2D eigenvalue weighted by Crippen LogP contribution is 2.40. The predicted octanol–water partition coefficient (Wildman–Crippen LogP) is 3.11. The molecule has 1 fully saturated rings. The van der Waals surface area contributed by atoms with Crippen LogP contribution in [-0.4, -0.2) is 35.7 Å². The molecule has 0 aliphatic carbocycles. The topological polar surface area (TPSA) is 32.7 Å². The lowest BCUT2D eigenvalue weighted by Gasteiger charge is -2.43. The summed E-state index contributed by atoms with van der Waals surface area (Å²) >= 11 is 6.14. The molecule has 0 radical (unpaired) electrons. The van der Waals surface area contributed by atoms with Crippen molar-refractivity contribution in [3.05, 3.63) is 28.8 Å². The van der Waals surface area contributed by atoms with E-state index in [1.54, 1.807) is 6.07 Å². The van der Waals surface area contributed by atoms with Crippen LogP contribution in [0.4, 0.5) is 0 Å². The minimum atomic E-state index is -0.519. The summed E-state index contributed by atoms with van der Waals surface area (Å²) in [5.74, 6) is 1.99. The van der Waals surface area contributed by atoms with Crippen molar-refractivity contribution in [1.29, 1.82) is 0 Å².